The molecule has 6 heteroatoms. The smallest absolute Gasteiger partial charge is 0.335 e. The Kier molecular flexibility index (Phi) is 7.10. The number of hydrogen-bond donors (Lipinski definition) is 1. The predicted molar refractivity (Wildman–Crippen MR) is 135 cm³/mol. The topological polar surface area (TPSA) is 85.2 Å². The summed E-state index contributed by atoms with van der Waals surface area (Å²) in [5, 5.41) is 9.33. The molecule has 2 unspecified atom stereocenters. The van der Waals surface area contributed by atoms with Gasteiger partial charge in [0.25, 0.3) is 0 Å². The Hall–Kier alpha value is -3.41. The molecule has 0 amide bonds. The van der Waals surface area contributed by atoms with Gasteiger partial charge in [-0.1, -0.05) is 36.4 Å². The van der Waals surface area contributed by atoms with E-state index in [4.69, 9.17) is 14.5 Å². The number of rotatable bonds is 7. The maximum Gasteiger partial charge on any atom is 0.335 e. The van der Waals surface area contributed by atoms with Crippen molar-refractivity contribution in [3.63, 3.8) is 0 Å². The molecule has 0 saturated heterocycles. The Labute approximate surface area is 206 Å². The van der Waals surface area contributed by atoms with Gasteiger partial charge in [0.2, 0.25) is 0 Å². The van der Waals surface area contributed by atoms with Crippen molar-refractivity contribution >= 4 is 18.2 Å². The van der Waals surface area contributed by atoms with Crippen LogP contribution in [0.3, 0.4) is 0 Å². The Morgan fingerprint density at radius 1 is 1.00 bits per heavy atom. The van der Waals surface area contributed by atoms with E-state index in [1.807, 2.05) is 63.3 Å². The number of carboxylic acids is 1. The van der Waals surface area contributed by atoms with Crippen LogP contribution in [0.25, 0.3) is 0 Å². The lowest BCUT2D eigenvalue weighted by Gasteiger charge is -2.43. The van der Waals surface area contributed by atoms with Gasteiger partial charge in [-0.2, -0.15) is 0 Å². The summed E-state index contributed by atoms with van der Waals surface area (Å²) < 4.78 is 12.1. The summed E-state index contributed by atoms with van der Waals surface area (Å²) in [4.78, 5) is 29.9. The molecule has 2 aliphatic rings. The average Bonchev–Trinajstić information content (AvgIpc) is 3.30. The van der Waals surface area contributed by atoms with Gasteiger partial charge in [0.05, 0.1) is 17.2 Å². The van der Waals surface area contributed by atoms with Crippen LogP contribution in [-0.2, 0) is 9.53 Å². The summed E-state index contributed by atoms with van der Waals surface area (Å²) in [6.45, 7) is 5.55. The average molecular weight is 476 g/mol. The molecule has 0 spiro atoms. The summed E-state index contributed by atoms with van der Waals surface area (Å²) >= 11 is 0. The van der Waals surface area contributed by atoms with E-state index >= 15 is 0 Å². The van der Waals surface area contributed by atoms with Gasteiger partial charge in [0, 0.05) is 6.21 Å². The number of ether oxygens (including phenoxy) is 2. The Morgan fingerprint density at radius 2 is 1.66 bits per heavy atom. The Balaban J connectivity index is 1.62. The van der Waals surface area contributed by atoms with Crippen LogP contribution in [0.4, 0.5) is 0 Å². The quantitative estimate of drug-likeness (QED) is 0.510. The molecule has 1 saturated carbocycles. The fourth-order valence-corrected chi connectivity index (χ4v) is 5.17. The van der Waals surface area contributed by atoms with Gasteiger partial charge in [-0.3, -0.25) is 9.79 Å². The van der Waals surface area contributed by atoms with Crippen LogP contribution in [0.2, 0.25) is 0 Å². The molecule has 35 heavy (non-hydrogen) atoms. The molecule has 2 atom stereocenters. The molecule has 0 bridgehead atoms. The van der Waals surface area contributed by atoms with Gasteiger partial charge in [0.1, 0.15) is 17.3 Å². The van der Waals surface area contributed by atoms with Crippen LogP contribution in [0.15, 0.2) is 71.7 Å². The molecule has 1 heterocycles. The van der Waals surface area contributed by atoms with E-state index in [0.29, 0.717) is 5.56 Å². The molecular formula is C29H33NO5. The lowest BCUT2D eigenvalue weighted by Crippen LogP contribution is -2.47. The van der Waals surface area contributed by atoms with Gasteiger partial charge >= 0.3 is 11.9 Å². The van der Waals surface area contributed by atoms with E-state index in [9.17, 15) is 14.7 Å². The second-order valence-corrected chi connectivity index (χ2v) is 10.3. The Morgan fingerprint density at radius 3 is 2.20 bits per heavy atom. The first-order valence-electron chi connectivity index (χ1n) is 12.2. The fraction of sp³-hybridized carbons (Fsp3) is 0.414. The number of esters is 1. The molecule has 1 fully saturated rings. The van der Waals surface area contributed by atoms with E-state index in [2.05, 4.69) is 0 Å². The molecule has 2 aromatic carbocycles. The number of benzene rings is 2. The third kappa shape index (κ3) is 5.64. The first-order chi connectivity index (χ1) is 16.7. The first-order valence-corrected chi connectivity index (χ1v) is 12.2. The Bertz CT molecular complexity index is 1080. The molecule has 0 radical (unpaired) electrons. The van der Waals surface area contributed by atoms with E-state index in [0.717, 1.165) is 31.4 Å². The number of carbonyl (C=O) groups is 2. The van der Waals surface area contributed by atoms with Gasteiger partial charge in [0.15, 0.2) is 0 Å². The van der Waals surface area contributed by atoms with Crippen LogP contribution < -0.4 is 4.74 Å². The van der Waals surface area contributed by atoms with Crippen molar-refractivity contribution in [1.29, 1.82) is 0 Å². The monoisotopic (exact) mass is 475 g/mol. The highest BCUT2D eigenvalue weighted by Gasteiger charge is 2.51. The van der Waals surface area contributed by atoms with Gasteiger partial charge in [-0.05, 0) is 88.3 Å². The second-order valence-electron chi connectivity index (χ2n) is 10.3. The summed E-state index contributed by atoms with van der Waals surface area (Å²) in [7, 11) is 0. The minimum atomic E-state index is -1.00. The summed E-state index contributed by atoms with van der Waals surface area (Å²) in [5.41, 5.74) is -0.569. The largest absolute Gasteiger partial charge is 0.490 e. The van der Waals surface area contributed by atoms with Crippen molar-refractivity contribution < 1.29 is 24.2 Å². The van der Waals surface area contributed by atoms with E-state index in [1.165, 1.54) is 12.1 Å². The van der Waals surface area contributed by atoms with Gasteiger partial charge in [-0.15, -0.1) is 0 Å². The van der Waals surface area contributed by atoms with Crippen molar-refractivity contribution in [3.05, 3.63) is 77.9 Å². The number of allylic oxidation sites excluding steroid dienone is 1. The van der Waals surface area contributed by atoms with E-state index in [-0.39, 0.29) is 23.6 Å². The number of hydrogen-bond acceptors (Lipinski definition) is 5. The predicted octanol–water partition coefficient (Wildman–Crippen LogP) is 5.83. The molecule has 6 nitrogen and oxygen atoms in total. The third-order valence-corrected chi connectivity index (χ3v) is 6.72. The molecule has 1 aliphatic heterocycles. The zero-order chi connectivity index (χ0) is 25.1. The molecular weight excluding hydrogens is 442 g/mol. The zero-order valence-electron chi connectivity index (χ0n) is 20.5. The number of para-hydroxylation sites is 1. The van der Waals surface area contributed by atoms with Crippen LogP contribution >= 0.6 is 0 Å². The van der Waals surface area contributed by atoms with E-state index < -0.39 is 23.0 Å². The number of carboxylic acid groups (broad SMARTS) is 1. The van der Waals surface area contributed by atoms with Crippen LogP contribution in [-0.4, -0.2) is 40.5 Å². The molecule has 4 rings (SSSR count). The van der Waals surface area contributed by atoms with Crippen molar-refractivity contribution in [2.75, 3.05) is 0 Å². The van der Waals surface area contributed by atoms with Crippen LogP contribution in [0.1, 0.15) is 68.3 Å². The van der Waals surface area contributed by atoms with E-state index in [1.54, 1.807) is 18.3 Å². The maximum atomic E-state index is 13.6. The highest BCUT2D eigenvalue weighted by Crippen LogP contribution is 2.48. The molecule has 1 N–H and O–H groups in total. The normalized spacial score (nSPS) is 24.7. The molecule has 2 aromatic rings. The molecule has 0 aromatic heterocycles. The highest BCUT2D eigenvalue weighted by molar-refractivity contribution is 5.88. The zero-order valence-corrected chi connectivity index (χ0v) is 20.5. The molecule has 184 valence electrons. The third-order valence-electron chi connectivity index (χ3n) is 6.72. The minimum Gasteiger partial charge on any atom is -0.490 e. The van der Waals surface area contributed by atoms with Crippen LogP contribution in [0.5, 0.6) is 5.75 Å². The number of nitrogens with zero attached hydrogens (tertiary/aromatic N) is 1. The SMILES string of the molecule is CC(C)(C)OC(=O)C(c1ccc(C(=O)O)cc1)C1(C2CCC(Oc3ccccc3)CC2)C=CC=N1. The lowest BCUT2D eigenvalue weighted by atomic mass is 9.66. The van der Waals surface area contributed by atoms with Crippen molar-refractivity contribution in [2.24, 2.45) is 10.9 Å². The second kappa shape index (κ2) is 10.1. The first kappa shape index (κ1) is 24.7. The summed E-state index contributed by atoms with van der Waals surface area (Å²) in [6.07, 6.45) is 9.24. The number of carbonyl (C=O) groups excluding carboxylic acids is 1. The molecule has 1 aliphatic carbocycles. The van der Waals surface area contributed by atoms with Crippen molar-refractivity contribution in [3.8, 4) is 5.75 Å². The maximum absolute atomic E-state index is 13.6. The summed E-state index contributed by atoms with van der Waals surface area (Å²) in [6, 6.07) is 16.3. The lowest BCUT2D eigenvalue weighted by molar-refractivity contribution is -0.158. The van der Waals surface area contributed by atoms with Gasteiger partial charge in [-0.25, -0.2) is 4.79 Å². The fourth-order valence-electron chi connectivity index (χ4n) is 5.17. The standard InChI is InChI=1S/C29H33NO5/c1-28(2,3)35-27(33)25(20-10-12-21(13-11-20)26(31)32)29(18-7-19-30-29)22-14-16-24(17-15-22)34-23-8-5-4-6-9-23/h4-13,18-19,22,24-25H,14-17H2,1-3H3,(H,31,32). The minimum absolute atomic E-state index is 0.116. The van der Waals surface area contributed by atoms with Gasteiger partial charge < -0.3 is 14.6 Å². The van der Waals surface area contributed by atoms with Crippen LogP contribution in [0, 0.1) is 5.92 Å². The highest BCUT2D eigenvalue weighted by atomic mass is 16.6. The summed E-state index contributed by atoms with van der Waals surface area (Å²) in [5.74, 6) is -1.06. The van der Waals surface area contributed by atoms with Crippen molar-refractivity contribution in [2.45, 2.75) is 69.6 Å². The number of aromatic carboxylic acids is 1. The van der Waals surface area contributed by atoms with Crippen molar-refractivity contribution in [1.82, 2.24) is 0 Å². The number of aliphatic imine (C=N–C) groups is 1.